The Balaban J connectivity index is 3.31. The molecule has 0 radical (unpaired) electrons. The topological polar surface area (TPSA) is 63.3 Å². The summed E-state index contributed by atoms with van der Waals surface area (Å²) in [5, 5.41) is 8.33. The smallest absolute Gasteiger partial charge is 0.303 e. The van der Waals surface area contributed by atoms with Crippen molar-refractivity contribution >= 4 is 5.97 Å². The summed E-state index contributed by atoms with van der Waals surface area (Å²) in [4.78, 5) is 10.1. The van der Waals surface area contributed by atoms with Crippen molar-refractivity contribution in [3.05, 3.63) is 0 Å². The van der Waals surface area contributed by atoms with Crippen LogP contribution in [-0.2, 0) is 4.79 Å². The summed E-state index contributed by atoms with van der Waals surface area (Å²) in [6, 6.07) is 0.170. The minimum Gasteiger partial charge on any atom is -0.481 e. The van der Waals surface area contributed by atoms with E-state index in [4.69, 9.17) is 10.8 Å². The molecule has 0 aromatic rings. The van der Waals surface area contributed by atoms with E-state index in [0.717, 1.165) is 12.8 Å². The molecule has 0 fully saturated rings. The number of rotatable bonds is 5. The highest BCUT2D eigenvalue weighted by atomic mass is 16.4. The van der Waals surface area contributed by atoms with Gasteiger partial charge < -0.3 is 10.8 Å². The monoisotopic (exact) mass is 159 g/mol. The maximum absolute atomic E-state index is 10.1. The van der Waals surface area contributed by atoms with Crippen molar-refractivity contribution in [1.82, 2.24) is 0 Å². The zero-order valence-electron chi connectivity index (χ0n) is 7.21. The van der Waals surface area contributed by atoms with Crippen LogP contribution in [0, 0.1) is 5.92 Å². The van der Waals surface area contributed by atoms with Gasteiger partial charge in [0.1, 0.15) is 0 Å². The van der Waals surface area contributed by atoms with Gasteiger partial charge in [-0.3, -0.25) is 4.79 Å². The standard InChI is InChI=1S/C8H17NO2/c1-6(7(2)9)4-3-5-8(10)11/h6-7H,3-5,9H2,1-2H3,(H,10,11). The number of aliphatic carboxylic acids is 1. The van der Waals surface area contributed by atoms with Crippen molar-refractivity contribution in [2.45, 2.75) is 39.2 Å². The molecule has 0 amide bonds. The molecule has 0 aromatic carbocycles. The fraction of sp³-hybridized carbons (Fsp3) is 0.875. The fourth-order valence-corrected chi connectivity index (χ4v) is 0.838. The molecule has 0 heterocycles. The van der Waals surface area contributed by atoms with Gasteiger partial charge in [-0.1, -0.05) is 6.92 Å². The van der Waals surface area contributed by atoms with Crippen molar-refractivity contribution in [2.75, 3.05) is 0 Å². The first-order chi connectivity index (χ1) is 5.04. The molecule has 0 aliphatic rings. The number of carboxylic acids is 1. The van der Waals surface area contributed by atoms with Gasteiger partial charge in [0.25, 0.3) is 0 Å². The second kappa shape index (κ2) is 5.13. The van der Waals surface area contributed by atoms with Crippen molar-refractivity contribution in [1.29, 1.82) is 0 Å². The Labute approximate surface area is 67.6 Å². The lowest BCUT2D eigenvalue weighted by Gasteiger charge is -2.13. The van der Waals surface area contributed by atoms with Crippen LogP contribution in [0.2, 0.25) is 0 Å². The van der Waals surface area contributed by atoms with E-state index in [1.54, 1.807) is 0 Å². The van der Waals surface area contributed by atoms with Gasteiger partial charge in [0.2, 0.25) is 0 Å². The third-order valence-corrected chi connectivity index (χ3v) is 1.95. The molecule has 0 saturated heterocycles. The fourth-order valence-electron chi connectivity index (χ4n) is 0.838. The Hall–Kier alpha value is -0.570. The average molecular weight is 159 g/mol. The maximum atomic E-state index is 10.1. The molecule has 0 aliphatic heterocycles. The molecule has 0 spiro atoms. The lowest BCUT2D eigenvalue weighted by molar-refractivity contribution is -0.137. The molecule has 2 atom stereocenters. The minimum absolute atomic E-state index is 0.170. The first-order valence-corrected chi connectivity index (χ1v) is 4.01. The van der Waals surface area contributed by atoms with Gasteiger partial charge >= 0.3 is 5.97 Å². The van der Waals surface area contributed by atoms with Crippen molar-refractivity contribution < 1.29 is 9.90 Å². The molecular weight excluding hydrogens is 142 g/mol. The molecule has 3 nitrogen and oxygen atoms in total. The normalized spacial score (nSPS) is 15.9. The van der Waals surface area contributed by atoms with Gasteiger partial charge in [0, 0.05) is 12.5 Å². The molecule has 0 rings (SSSR count). The highest BCUT2D eigenvalue weighted by Gasteiger charge is 2.07. The zero-order valence-corrected chi connectivity index (χ0v) is 7.21. The van der Waals surface area contributed by atoms with Crippen LogP contribution < -0.4 is 5.73 Å². The van der Waals surface area contributed by atoms with Gasteiger partial charge in [0.15, 0.2) is 0 Å². The van der Waals surface area contributed by atoms with E-state index in [2.05, 4.69) is 0 Å². The number of hydrogen-bond donors (Lipinski definition) is 2. The van der Waals surface area contributed by atoms with Crippen LogP contribution in [0.5, 0.6) is 0 Å². The minimum atomic E-state index is -0.720. The average Bonchev–Trinajstić information content (AvgIpc) is 1.86. The molecule has 0 aliphatic carbocycles. The Bertz CT molecular complexity index is 123. The highest BCUT2D eigenvalue weighted by Crippen LogP contribution is 2.10. The van der Waals surface area contributed by atoms with Crippen molar-refractivity contribution in [3.63, 3.8) is 0 Å². The number of carbonyl (C=O) groups is 1. The van der Waals surface area contributed by atoms with E-state index >= 15 is 0 Å². The molecule has 66 valence electrons. The summed E-state index contributed by atoms with van der Waals surface area (Å²) in [5.41, 5.74) is 5.61. The van der Waals surface area contributed by atoms with Crippen LogP contribution in [0.4, 0.5) is 0 Å². The van der Waals surface area contributed by atoms with E-state index in [1.165, 1.54) is 0 Å². The first-order valence-electron chi connectivity index (χ1n) is 4.01. The van der Waals surface area contributed by atoms with Gasteiger partial charge in [-0.2, -0.15) is 0 Å². The lowest BCUT2D eigenvalue weighted by atomic mass is 9.98. The first kappa shape index (κ1) is 10.4. The summed E-state index contributed by atoms with van der Waals surface area (Å²) < 4.78 is 0. The predicted octanol–water partition coefficient (Wildman–Crippen LogP) is 1.22. The summed E-state index contributed by atoms with van der Waals surface area (Å²) in [6.45, 7) is 4.00. The van der Waals surface area contributed by atoms with Crippen LogP contribution in [0.25, 0.3) is 0 Å². The molecule has 0 aromatic heterocycles. The predicted molar refractivity (Wildman–Crippen MR) is 44.3 cm³/mol. The van der Waals surface area contributed by atoms with Crippen molar-refractivity contribution in [2.24, 2.45) is 11.7 Å². The number of carboxylic acid groups (broad SMARTS) is 1. The van der Waals surface area contributed by atoms with Crippen molar-refractivity contribution in [3.8, 4) is 0 Å². The third-order valence-electron chi connectivity index (χ3n) is 1.95. The van der Waals surface area contributed by atoms with Crippen LogP contribution in [-0.4, -0.2) is 17.1 Å². The zero-order chi connectivity index (χ0) is 8.85. The van der Waals surface area contributed by atoms with Crippen LogP contribution in [0.1, 0.15) is 33.1 Å². The molecule has 2 unspecified atom stereocenters. The van der Waals surface area contributed by atoms with E-state index < -0.39 is 5.97 Å². The molecule has 0 saturated carbocycles. The summed E-state index contributed by atoms with van der Waals surface area (Å²) in [6.07, 6.45) is 1.90. The molecule has 3 heteroatoms. The molecule has 11 heavy (non-hydrogen) atoms. The van der Waals surface area contributed by atoms with Gasteiger partial charge in [-0.05, 0) is 25.7 Å². The quantitative estimate of drug-likeness (QED) is 0.634. The second-order valence-corrected chi connectivity index (χ2v) is 3.12. The second-order valence-electron chi connectivity index (χ2n) is 3.12. The maximum Gasteiger partial charge on any atom is 0.303 e. The summed E-state index contributed by atoms with van der Waals surface area (Å²) in [5.74, 6) is -0.295. The van der Waals surface area contributed by atoms with Crippen LogP contribution >= 0.6 is 0 Å². The van der Waals surface area contributed by atoms with Crippen LogP contribution in [0.15, 0.2) is 0 Å². The summed E-state index contributed by atoms with van der Waals surface area (Å²) >= 11 is 0. The third kappa shape index (κ3) is 5.85. The van der Waals surface area contributed by atoms with E-state index in [1.807, 2.05) is 13.8 Å². The molecule has 0 bridgehead atoms. The van der Waals surface area contributed by atoms with Gasteiger partial charge in [-0.25, -0.2) is 0 Å². The summed E-state index contributed by atoms with van der Waals surface area (Å²) in [7, 11) is 0. The Morgan fingerprint density at radius 3 is 2.45 bits per heavy atom. The largest absolute Gasteiger partial charge is 0.481 e. The highest BCUT2D eigenvalue weighted by molar-refractivity contribution is 5.66. The van der Waals surface area contributed by atoms with E-state index in [0.29, 0.717) is 5.92 Å². The molecule has 3 N–H and O–H groups in total. The van der Waals surface area contributed by atoms with Gasteiger partial charge in [-0.15, -0.1) is 0 Å². The Morgan fingerprint density at radius 1 is 1.55 bits per heavy atom. The van der Waals surface area contributed by atoms with E-state index in [9.17, 15) is 4.79 Å². The Kier molecular flexibility index (Phi) is 4.86. The number of hydrogen-bond acceptors (Lipinski definition) is 2. The molecular formula is C8H17NO2. The Morgan fingerprint density at radius 2 is 2.09 bits per heavy atom. The lowest BCUT2D eigenvalue weighted by Crippen LogP contribution is -2.24. The van der Waals surface area contributed by atoms with E-state index in [-0.39, 0.29) is 12.5 Å². The van der Waals surface area contributed by atoms with Crippen LogP contribution in [0.3, 0.4) is 0 Å². The van der Waals surface area contributed by atoms with Gasteiger partial charge in [0.05, 0.1) is 0 Å². The number of nitrogens with two attached hydrogens (primary N) is 1. The SMILES string of the molecule is CC(N)C(C)CCCC(=O)O.